The molecule has 0 bridgehead atoms. The van der Waals surface area contributed by atoms with Gasteiger partial charge in [-0.25, -0.2) is 0 Å². The van der Waals surface area contributed by atoms with Gasteiger partial charge in [0, 0.05) is 6.21 Å². The number of methoxy groups -OCH3 is 1. The first-order valence-corrected chi connectivity index (χ1v) is 11.0. The number of hydrogen-bond donors (Lipinski definition) is 0. The lowest BCUT2D eigenvalue weighted by atomic mass is 9.91. The zero-order valence-electron chi connectivity index (χ0n) is 19.2. The molecule has 5 nitrogen and oxygen atoms in total. The van der Waals surface area contributed by atoms with Gasteiger partial charge in [-0.15, -0.1) is 0 Å². The first-order chi connectivity index (χ1) is 14.9. The summed E-state index contributed by atoms with van der Waals surface area (Å²) in [6, 6.07) is 15.5. The van der Waals surface area contributed by atoms with Gasteiger partial charge in [-0.3, -0.25) is 9.79 Å². The first kappa shape index (κ1) is 24.4. The fraction of sp³-hybridized carbons (Fsp3) is 0.462. The maximum absolute atomic E-state index is 11.9. The van der Waals surface area contributed by atoms with Crippen LogP contribution in [0.5, 0.6) is 11.5 Å². The fourth-order valence-corrected chi connectivity index (χ4v) is 2.72. The normalized spacial score (nSPS) is 11.5. The topological polar surface area (TPSA) is 57.1 Å². The summed E-state index contributed by atoms with van der Waals surface area (Å²) in [5, 5.41) is 0. The molecule has 0 aliphatic rings. The minimum Gasteiger partial charge on any atom is -0.497 e. The van der Waals surface area contributed by atoms with Crippen molar-refractivity contribution < 1.29 is 19.0 Å². The van der Waals surface area contributed by atoms with Crippen molar-refractivity contribution in [2.45, 2.75) is 52.9 Å². The monoisotopic (exact) mass is 425 g/mol. The van der Waals surface area contributed by atoms with E-state index in [0.29, 0.717) is 13.2 Å². The molecule has 0 fully saturated rings. The van der Waals surface area contributed by atoms with Gasteiger partial charge in [0.15, 0.2) is 0 Å². The Balaban J connectivity index is 1.60. The molecule has 0 atom stereocenters. The van der Waals surface area contributed by atoms with Crippen LogP contribution in [0.4, 0.5) is 5.69 Å². The van der Waals surface area contributed by atoms with Gasteiger partial charge in [-0.1, -0.05) is 6.92 Å². The lowest BCUT2D eigenvalue weighted by Crippen LogP contribution is -2.26. The standard InChI is InChI=1S/C26H35NO4/c1-5-26(2,3)25(28)31-19-9-7-6-8-18-30-24-14-10-21(11-15-24)20-27-22-12-16-23(29-4)17-13-22/h10-17,20H,5-9,18-19H2,1-4H3. The van der Waals surface area contributed by atoms with Crippen molar-refractivity contribution in [2.75, 3.05) is 20.3 Å². The van der Waals surface area contributed by atoms with Crippen molar-refractivity contribution in [3.8, 4) is 11.5 Å². The van der Waals surface area contributed by atoms with E-state index in [0.717, 1.165) is 54.9 Å². The average molecular weight is 426 g/mol. The molecule has 0 unspecified atom stereocenters. The van der Waals surface area contributed by atoms with Crippen molar-refractivity contribution >= 4 is 17.9 Å². The van der Waals surface area contributed by atoms with E-state index in [9.17, 15) is 4.79 Å². The highest BCUT2D eigenvalue weighted by molar-refractivity contribution is 5.82. The molecule has 0 aromatic heterocycles. The van der Waals surface area contributed by atoms with Gasteiger partial charge >= 0.3 is 5.97 Å². The Hall–Kier alpha value is -2.82. The number of carbonyl (C=O) groups is 1. The van der Waals surface area contributed by atoms with E-state index >= 15 is 0 Å². The second-order valence-corrected chi connectivity index (χ2v) is 8.16. The number of unbranched alkanes of at least 4 members (excludes halogenated alkanes) is 3. The molecule has 0 spiro atoms. The van der Waals surface area contributed by atoms with Crippen LogP contribution in [0.2, 0.25) is 0 Å². The van der Waals surface area contributed by atoms with E-state index in [4.69, 9.17) is 14.2 Å². The Bertz CT molecular complexity index is 810. The molecule has 0 saturated heterocycles. The minimum absolute atomic E-state index is 0.101. The van der Waals surface area contributed by atoms with E-state index < -0.39 is 0 Å². The second-order valence-electron chi connectivity index (χ2n) is 8.16. The Labute approximate surface area is 186 Å². The predicted molar refractivity (Wildman–Crippen MR) is 126 cm³/mol. The molecule has 2 rings (SSSR count). The summed E-state index contributed by atoms with van der Waals surface area (Å²) in [6.07, 6.45) is 6.59. The number of nitrogens with zero attached hydrogens (tertiary/aromatic N) is 1. The Morgan fingerprint density at radius 1 is 0.903 bits per heavy atom. The maximum Gasteiger partial charge on any atom is 0.311 e. The highest BCUT2D eigenvalue weighted by atomic mass is 16.5. The van der Waals surface area contributed by atoms with Crippen molar-refractivity contribution in [3.63, 3.8) is 0 Å². The number of ether oxygens (including phenoxy) is 3. The van der Waals surface area contributed by atoms with Crippen LogP contribution >= 0.6 is 0 Å². The second kappa shape index (κ2) is 12.8. The van der Waals surface area contributed by atoms with Crippen LogP contribution in [0.3, 0.4) is 0 Å². The number of carbonyl (C=O) groups excluding carboxylic acids is 1. The van der Waals surface area contributed by atoms with Gasteiger partial charge in [0.2, 0.25) is 0 Å². The average Bonchev–Trinajstić information content (AvgIpc) is 2.80. The molecule has 0 aliphatic carbocycles. The van der Waals surface area contributed by atoms with Gasteiger partial charge in [0.25, 0.3) is 0 Å². The molecule has 0 heterocycles. The summed E-state index contributed by atoms with van der Waals surface area (Å²) >= 11 is 0. The van der Waals surface area contributed by atoms with Gasteiger partial charge < -0.3 is 14.2 Å². The lowest BCUT2D eigenvalue weighted by molar-refractivity contribution is -0.154. The number of rotatable bonds is 13. The molecule has 0 amide bonds. The predicted octanol–water partition coefficient (Wildman–Crippen LogP) is 6.36. The molecule has 0 saturated carbocycles. The quantitative estimate of drug-likeness (QED) is 0.213. The van der Waals surface area contributed by atoms with E-state index in [1.54, 1.807) is 7.11 Å². The molecule has 0 radical (unpaired) electrons. The van der Waals surface area contributed by atoms with Crippen molar-refractivity contribution in [1.82, 2.24) is 0 Å². The molecule has 168 valence electrons. The van der Waals surface area contributed by atoms with E-state index in [1.807, 2.05) is 75.5 Å². The van der Waals surface area contributed by atoms with Gasteiger partial charge in [-0.2, -0.15) is 0 Å². The van der Waals surface area contributed by atoms with Crippen molar-refractivity contribution in [2.24, 2.45) is 10.4 Å². The van der Waals surface area contributed by atoms with Crippen LogP contribution in [0, 0.1) is 5.41 Å². The lowest BCUT2D eigenvalue weighted by Gasteiger charge is -2.20. The SMILES string of the molecule is CCC(C)(C)C(=O)OCCCCCCOc1ccc(C=Nc2ccc(OC)cc2)cc1. The summed E-state index contributed by atoms with van der Waals surface area (Å²) in [7, 11) is 1.65. The molecular weight excluding hydrogens is 390 g/mol. The third kappa shape index (κ3) is 8.83. The zero-order chi connectivity index (χ0) is 22.5. The Morgan fingerprint density at radius 3 is 2.13 bits per heavy atom. The largest absolute Gasteiger partial charge is 0.497 e. The third-order valence-corrected chi connectivity index (χ3v) is 5.29. The van der Waals surface area contributed by atoms with E-state index in [2.05, 4.69) is 4.99 Å². The molecular formula is C26H35NO4. The molecule has 2 aromatic carbocycles. The van der Waals surface area contributed by atoms with Crippen molar-refractivity contribution in [1.29, 1.82) is 0 Å². The third-order valence-electron chi connectivity index (χ3n) is 5.29. The smallest absolute Gasteiger partial charge is 0.311 e. The van der Waals surface area contributed by atoms with Crippen LogP contribution in [-0.4, -0.2) is 32.5 Å². The van der Waals surface area contributed by atoms with Gasteiger partial charge in [0.05, 0.1) is 31.4 Å². The van der Waals surface area contributed by atoms with Crippen LogP contribution in [0.15, 0.2) is 53.5 Å². The van der Waals surface area contributed by atoms with Crippen LogP contribution < -0.4 is 9.47 Å². The van der Waals surface area contributed by atoms with E-state index in [-0.39, 0.29) is 11.4 Å². The van der Waals surface area contributed by atoms with E-state index in [1.165, 1.54) is 0 Å². The molecule has 2 aromatic rings. The Morgan fingerprint density at radius 2 is 1.52 bits per heavy atom. The van der Waals surface area contributed by atoms with Crippen molar-refractivity contribution in [3.05, 3.63) is 54.1 Å². The van der Waals surface area contributed by atoms with Crippen LogP contribution in [0.1, 0.15) is 58.4 Å². The summed E-state index contributed by atoms with van der Waals surface area (Å²) in [5.41, 5.74) is 1.51. The molecule has 5 heteroatoms. The number of benzene rings is 2. The summed E-state index contributed by atoms with van der Waals surface area (Å²) in [4.78, 5) is 16.4. The maximum atomic E-state index is 11.9. The molecule has 31 heavy (non-hydrogen) atoms. The molecule has 0 aliphatic heterocycles. The summed E-state index contributed by atoms with van der Waals surface area (Å²) in [6.45, 7) is 7.04. The highest BCUT2D eigenvalue weighted by Crippen LogP contribution is 2.21. The molecule has 0 N–H and O–H groups in total. The summed E-state index contributed by atoms with van der Waals surface area (Å²) in [5.74, 6) is 1.58. The van der Waals surface area contributed by atoms with Gasteiger partial charge in [0.1, 0.15) is 11.5 Å². The van der Waals surface area contributed by atoms with Crippen LogP contribution in [0.25, 0.3) is 0 Å². The van der Waals surface area contributed by atoms with Crippen LogP contribution in [-0.2, 0) is 9.53 Å². The van der Waals surface area contributed by atoms with Gasteiger partial charge in [-0.05, 0) is 100 Å². The number of aliphatic imine (C=N–C) groups is 1. The zero-order valence-corrected chi connectivity index (χ0v) is 19.2. The number of hydrogen-bond acceptors (Lipinski definition) is 5. The minimum atomic E-state index is -0.384. The number of esters is 1. The Kier molecular flexibility index (Phi) is 10.1. The fourth-order valence-electron chi connectivity index (χ4n) is 2.72. The highest BCUT2D eigenvalue weighted by Gasteiger charge is 2.26. The summed E-state index contributed by atoms with van der Waals surface area (Å²) < 4.78 is 16.3. The first-order valence-electron chi connectivity index (χ1n) is 11.0.